The molecule has 0 aliphatic heterocycles. The second-order valence-electron chi connectivity index (χ2n) is 4.27. The van der Waals surface area contributed by atoms with Crippen LogP contribution in [0.5, 0.6) is 0 Å². The summed E-state index contributed by atoms with van der Waals surface area (Å²) in [5.41, 5.74) is 2.47. The normalized spacial score (nSPS) is 16.0. The van der Waals surface area contributed by atoms with Crippen molar-refractivity contribution in [2.45, 2.75) is 58.0 Å². The van der Waals surface area contributed by atoms with Gasteiger partial charge in [0, 0.05) is 21.6 Å². The molecule has 74 valence electrons. The standard InChI is InChI=1S/C9H25NSi2/c1-7(2)10(8(3)4)9(5)12-6-11/h7-9H,6,12H2,1-5,11H3. The van der Waals surface area contributed by atoms with Crippen LogP contribution in [0.3, 0.4) is 0 Å². The molecule has 0 spiro atoms. The number of nitrogens with zero attached hydrogens (tertiary/aromatic N) is 1. The highest BCUT2D eigenvalue weighted by Gasteiger charge is 2.18. The topological polar surface area (TPSA) is 3.24 Å². The third kappa shape index (κ3) is 3.87. The highest BCUT2D eigenvalue weighted by atomic mass is 28.2. The lowest BCUT2D eigenvalue weighted by Crippen LogP contribution is -2.46. The van der Waals surface area contributed by atoms with E-state index in [4.69, 9.17) is 0 Å². The molecule has 1 nitrogen and oxygen atoms in total. The minimum absolute atomic E-state index is 0.201. The third-order valence-electron chi connectivity index (χ3n) is 2.41. The molecule has 0 aromatic heterocycles. The predicted octanol–water partition coefficient (Wildman–Crippen LogP) is 0.361. The lowest BCUT2D eigenvalue weighted by molar-refractivity contribution is 0.162. The van der Waals surface area contributed by atoms with Gasteiger partial charge in [-0.05, 0) is 43.6 Å². The van der Waals surface area contributed by atoms with E-state index >= 15 is 0 Å². The second-order valence-corrected chi connectivity index (χ2v) is 10.0. The van der Waals surface area contributed by atoms with Crippen molar-refractivity contribution < 1.29 is 0 Å². The molecule has 12 heavy (non-hydrogen) atoms. The molecule has 1 unspecified atom stereocenters. The Morgan fingerprint density at radius 1 is 1.08 bits per heavy atom. The molecular weight excluding hydrogens is 178 g/mol. The number of hydrogen-bond donors (Lipinski definition) is 0. The molecule has 0 aliphatic rings. The molecule has 0 saturated heterocycles. The summed E-state index contributed by atoms with van der Waals surface area (Å²) in [6.45, 7) is 11.7. The average Bonchev–Trinajstić information content (AvgIpc) is 1.85. The van der Waals surface area contributed by atoms with Gasteiger partial charge in [-0.1, -0.05) is 12.6 Å². The van der Waals surface area contributed by atoms with Crippen LogP contribution in [0.15, 0.2) is 0 Å². The molecule has 0 fully saturated rings. The van der Waals surface area contributed by atoms with Crippen LogP contribution in [-0.2, 0) is 0 Å². The molecule has 1 atom stereocenters. The van der Waals surface area contributed by atoms with Gasteiger partial charge in [0.25, 0.3) is 0 Å². The van der Waals surface area contributed by atoms with Crippen LogP contribution in [0.25, 0.3) is 0 Å². The zero-order valence-corrected chi connectivity index (χ0v) is 13.0. The largest absolute Gasteiger partial charge is 0.299 e. The van der Waals surface area contributed by atoms with Gasteiger partial charge < -0.3 is 0 Å². The monoisotopic (exact) mass is 203 g/mol. The molecule has 0 heterocycles. The summed E-state index contributed by atoms with van der Waals surface area (Å²) >= 11 is 0. The predicted molar refractivity (Wildman–Crippen MR) is 64.9 cm³/mol. The summed E-state index contributed by atoms with van der Waals surface area (Å²) in [5.74, 6) is 0. The molecule has 0 radical (unpaired) electrons. The van der Waals surface area contributed by atoms with Crippen LogP contribution in [0.4, 0.5) is 0 Å². The van der Waals surface area contributed by atoms with Crippen molar-refractivity contribution in [1.82, 2.24) is 4.90 Å². The Bertz CT molecular complexity index is 107. The van der Waals surface area contributed by atoms with E-state index in [9.17, 15) is 0 Å². The molecule has 0 aliphatic carbocycles. The second kappa shape index (κ2) is 5.94. The molecule has 0 N–H and O–H groups in total. The Balaban J connectivity index is 4.09. The van der Waals surface area contributed by atoms with Crippen LogP contribution in [0.2, 0.25) is 5.67 Å². The van der Waals surface area contributed by atoms with Crippen molar-refractivity contribution in [1.29, 1.82) is 0 Å². The van der Waals surface area contributed by atoms with Crippen molar-refractivity contribution in [2.75, 3.05) is 0 Å². The van der Waals surface area contributed by atoms with Crippen molar-refractivity contribution in [2.24, 2.45) is 0 Å². The molecule has 0 saturated carbocycles. The van der Waals surface area contributed by atoms with E-state index in [1.807, 2.05) is 0 Å². The molecule has 0 rings (SSSR count). The quantitative estimate of drug-likeness (QED) is 0.583. The van der Waals surface area contributed by atoms with Crippen LogP contribution in [0.1, 0.15) is 34.6 Å². The first-order valence-electron chi connectivity index (χ1n) is 5.28. The van der Waals surface area contributed by atoms with Gasteiger partial charge in [0.1, 0.15) is 0 Å². The van der Waals surface area contributed by atoms with E-state index < -0.39 is 0 Å². The summed E-state index contributed by atoms with van der Waals surface area (Å²) in [5, 5.41) is 0. The van der Waals surface area contributed by atoms with Gasteiger partial charge in [-0.25, -0.2) is 0 Å². The van der Waals surface area contributed by atoms with Gasteiger partial charge in [-0.15, -0.1) is 0 Å². The lowest BCUT2D eigenvalue weighted by Gasteiger charge is -2.36. The maximum atomic E-state index is 2.67. The molecular formula is C9H25NSi2. The smallest absolute Gasteiger partial charge is 0.0371 e. The SMILES string of the molecule is CC(C)N(C(C)C)C(C)[SiH2]C[SiH3]. The van der Waals surface area contributed by atoms with Gasteiger partial charge in [-0.3, -0.25) is 4.90 Å². The zero-order chi connectivity index (χ0) is 9.72. The van der Waals surface area contributed by atoms with E-state index in [0.29, 0.717) is 0 Å². The van der Waals surface area contributed by atoms with Crippen LogP contribution < -0.4 is 0 Å². The van der Waals surface area contributed by atoms with Gasteiger partial charge in [0.05, 0.1) is 0 Å². The Morgan fingerprint density at radius 3 is 1.75 bits per heavy atom. The average molecular weight is 203 g/mol. The minimum Gasteiger partial charge on any atom is -0.299 e. The summed E-state index contributed by atoms with van der Waals surface area (Å²) in [7, 11) is 1.61. The first kappa shape index (κ1) is 12.4. The summed E-state index contributed by atoms with van der Waals surface area (Å²) in [6, 6.07) is 1.45. The van der Waals surface area contributed by atoms with E-state index in [-0.39, 0.29) is 9.52 Å². The Hall–Kier alpha value is 0.394. The van der Waals surface area contributed by atoms with Crippen LogP contribution in [-0.4, -0.2) is 42.4 Å². The maximum absolute atomic E-state index is 2.67. The van der Waals surface area contributed by atoms with Crippen LogP contribution in [0, 0.1) is 0 Å². The molecule has 0 aromatic rings. The minimum atomic E-state index is 0.201. The van der Waals surface area contributed by atoms with E-state index in [1.54, 1.807) is 5.67 Å². The maximum Gasteiger partial charge on any atom is 0.0371 e. The van der Waals surface area contributed by atoms with Gasteiger partial charge in [0.2, 0.25) is 0 Å². The number of hydrogen-bond acceptors (Lipinski definition) is 1. The fourth-order valence-corrected chi connectivity index (χ4v) is 6.66. The van der Waals surface area contributed by atoms with Gasteiger partial charge in [-0.2, -0.15) is 0 Å². The van der Waals surface area contributed by atoms with E-state index in [0.717, 1.165) is 17.7 Å². The summed E-state index contributed by atoms with van der Waals surface area (Å²) in [4.78, 5) is 2.67. The van der Waals surface area contributed by atoms with Crippen molar-refractivity contribution in [3.63, 3.8) is 0 Å². The molecule has 0 bridgehead atoms. The zero-order valence-electron chi connectivity index (χ0n) is 9.59. The first-order chi connectivity index (χ1) is 5.50. The molecule has 0 amide bonds. The molecule has 0 aromatic carbocycles. The van der Waals surface area contributed by atoms with E-state index in [2.05, 4.69) is 39.5 Å². The van der Waals surface area contributed by atoms with E-state index in [1.165, 1.54) is 10.2 Å². The molecule has 3 heteroatoms. The number of rotatable bonds is 5. The van der Waals surface area contributed by atoms with Crippen molar-refractivity contribution >= 4 is 19.8 Å². The van der Waals surface area contributed by atoms with Crippen molar-refractivity contribution in [3.05, 3.63) is 0 Å². The Kier molecular flexibility index (Phi) is 6.14. The van der Waals surface area contributed by atoms with Gasteiger partial charge >= 0.3 is 0 Å². The van der Waals surface area contributed by atoms with Crippen LogP contribution >= 0.6 is 0 Å². The summed E-state index contributed by atoms with van der Waals surface area (Å²) in [6.07, 6.45) is 0. The highest BCUT2D eigenvalue weighted by molar-refractivity contribution is 6.48. The first-order valence-corrected chi connectivity index (χ1v) is 8.51. The van der Waals surface area contributed by atoms with Crippen molar-refractivity contribution in [3.8, 4) is 0 Å². The fraction of sp³-hybridized carbons (Fsp3) is 1.00. The van der Waals surface area contributed by atoms with Gasteiger partial charge in [0.15, 0.2) is 0 Å². The fourth-order valence-electron chi connectivity index (χ4n) is 2.18. The Morgan fingerprint density at radius 2 is 1.50 bits per heavy atom. The Labute approximate surface area is 83.2 Å². The summed E-state index contributed by atoms with van der Waals surface area (Å²) < 4.78 is 0. The lowest BCUT2D eigenvalue weighted by atomic mass is 10.2. The third-order valence-corrected chi connectivity index (χ3v) is 5.97. The highest BCUT2D eigenvalue weighted by Crippen LogP contribution is 2.09.